The molecular formula is C9H12N4O. The van der Waals surface area contributed by atoms with Crippen LogP contribution in [0.3, 0.4) is 0 Å². The third kappa shape index (κ3) is 1.88. The van der Waals surface area contributed by atoms with Gasteiger partial charge in [-0.25, -0.2) is 9.97 Å². The number of hydrogen-bond acceptors (Lipinski definition) is 4. The van der Waals surface area contributed by atoms with E-state index in [4.69, 9.17) is 10.1 Å². The van der Waals surface area contributed by atoms with Crippen LogP contribution in [0.15, 0.2) is 18.7 Å². The maximum Gasteiger partial charge on any atom is 0.131 e. The van der Waals surface area contributed by atoms with Crippen LogP contribution in [-0.4, -0.2) is 47.0 Å². The first-order valence-electron chi connectivity index (χ1n) is 4.54. The molecule has 74 valence electrons. The van der Waals surface area contributed by atoms with Crippen molar-refractivity contribution in [2.75, 3.05) is 26.3 Å². The Morgan fingerprint density at radius 2 is 1.93 bits per heavy atom. The van der Waals surface area contributed by atoms with Crippen molar-refractivity contribution in [2.24, 2.45) is 0 Å². The molecule has 1 aliphatic heterocycles. The van der Waals surface area contributed by atoms with Gasteiger partial charge >= 0.3 is 0 Å². The first-order valence-corrected chi connectivity index (χ1v) is 4.54. The molecule has 0 spiro atoms. The Bertz CT molecular complexity index is 308. The van der Waals surface area contributed by atoms with Crippen molar-refractivity contribution in [3.8, 4) is 0 Å². The molecular weight excluding hydrogens is 180 g/mol. The number of aromatic nitrogens is 2. The first kappa shape index (κ1) is 9.08. The quantitative estimate of drug-likeness (QED) is 0.507. The van der Waals surface area contributed by atoms with E-state index in [1.165, 1.54) is 6.33 Å². The van der Waals surface area contributed by atoms with Crippen LogP contribution >= 0.6 is 0 Å². The molecule has 5 nitrogen and oxygen atoms in total. The molecule has 0 aliphatic carbocycles. The van der Waals surface area contributed by atoms with Gasteiger partial charge in [-0.05, 0) is 0 Å². The molecule has 5 heteroatoms. The summed E-state index contributed by atoms with van der Waals surface area (Å²) >= 11 is 0. The lowest BCUT2D eigenvalue weighted by atomic mass is 10.2. The Morgan fingerprint density at radius 1 is 1.29 bits per heavy atom. The van der Waals surface area contributed by atoms with Crippen molar-refractivity contribution in [1.29, 1.82) is 5.41 Å². The number of nitrogens with one attached hydrogen (secondary N) is 1. The lowest BCUT2D eigenvalue weighted by molar-refractivity contribution is 0.0679. The van der Waals surface area contributed by atoms with Crippen LogP contribution in [0.1, 0.15) is 5.56 Å². The summed E-state index contributed by atoms with van der Waals surface area (Å²) in [6.45, 7) is 2.92. The highest BCUT2D eigenvalue weighted by atomic mass is 16.5. The fourth-order valence-corrected chi connectivity index (χ4v) is 1.39. The van der Waals surface area contributed by atoms with Gasteiger partial charge < -0.3 is 9.64 Å². The van der Waals surface area contributed by atoms with Gasteiger partial charge in [0, 0.05) is 25.5 Å². The van der Waals surface area contributed by atoms with E-state index in [-0.39, 0.29) is 0 Å². The smallest absolute Gasteiger partial charge is 0.131 e. The van der Waals surface area contributed by atoms with E-state index in [9.17, 15) is 0 Å². The standard InChI is InChI=1S/C9H12N4O/c10-9(8-5-11-7-12-6-8)13-1-3-14-4-2-13/h5-7,10H,1-4H2. The predicted molar refractivity (Wildman–Crippen MR) is 51.3 cm³/mol. The van der Waals surface area contributed by atoms with Gasteiger partial charge in [0.25, 0.3) is 0 Å². The van der Waals surface area contributed by atoms with Gasteiger partial charge in [0.1, 0.15) is 12.2 Å². The lowest BCUT2D eigenvalue weighted by Gasteiger charge is -2.28. The zero-order chi connectivity index (χ0) is 9.80. The van der Waals surface area contributed by atoms with Crippen LogP contribution in [0, 0.1) is 5.41 Å². The molecule has 1 N–H and O–H groups in total. The largest absolute Gasteiger partial charge is 0.378 e. The molecule has 1 saturated heterocycles. The normalized spacial score (nSPS) is 16.7. The van der Waals surface area contributed by atoms with Crippen LogP contribution in [0.4, 0.5) is 0 Å². The Kier molecular flexibility index (Phi) is 2.69. The minimum Gasteiger partial charge on any atom is -0.378 e. The number of rotatable bonds is 1. The third-order valence-electron chi connectivity index (χ3n) is 2.16. The molecule has 14 heavy (non-hydrogen) atoms. The van der Waals surface area contributed by atoms with E-state index >= 15 is 0 Å². The molecule has 0 saturated carbocycles. The van der Waals surface area contributed by atoms with Gasteiger partial charge in [0.2, 0.25) is 0 Å². The van der Waals surface area contributed by atoms with Crippen LogP contribution in [0.25, 0.3) is 0 Å². The molecule has 0 radical (unpaired) electrons. The second-order valence-electron chi connectivity index (χ2n) is 3.08. The Morgan fingerprint density at radius 3 is 2.57 bits per heavy atom. The number of amidine groups is 1. The molecule has 2 heterocycles. The molecule has 1 aliphatic rings. The molecule has 1 fully saturated rings. The Balaban J connectivity index is 2.07. The van der Waals surface area contributed by atoms with E-state index in [2.05, 4.69) is 9.97 Å². The topological polar surface area (TPSA) is 62.1 Å². The molecule has 0 amide bonds. The average Bonchev–Trinajstić information content (AvgIpc) is 2.30. The van der Waals surface area contributed by atoms with Gasteiger partial charge in [0.05, 0.1) is 18.8 Å². The van der Waals surface area contributed by atoms with E-state index < -0.39 is 0 Å². The maximum absolute atomic E-state index is 7.91. The van der Waals surface area contributed by atoms with Crippen molar-refractivity contribution in [3.05, 3.63) is 24.3 Å². The molecule has 1 aromatic rings. The van der Waals surface area contributed by atoms with Gasteiger partial charge in [-0.1, -0.05) is 0 Å². The van der Waals surface area contributed by atoms with Crippen LogP contribution in [0.2, 0.25) is 0 Å². The summed E-state index contributed by atoms with van der Waals surface area (Å²) in [6, 6.07) is 0. The van der Waals surface area contributed by atoms with Gasteiger partial charge in [0.15, 0.2) is 0 Å². The predicted octanol–water partition coefficient (Wildman–Crippen LogP) is 0.134. The second-order valence-corrected chi connectivity index (χ2v) is 3.08. The lowest BCUT2D eigenvalue weighted by Crippen LogP contribution is -2.40. The van der Waals surface area contributed by atoms with Crippen LogP contribution in [0.5, 0.6) is 0 Å². The highest BCUT2D eigenvalue weighted by Gasteiger charge is 2.15. The van der Waals surface area contributed by atoms with E-state index in [0.717, 1.165) is 18.7 Å². The summed E-state index contributed by atoms with van der Waals surface area (Å²) in [5.41, 5.74) is 0.759. The van der Waals surface area contributed by atoms with Crippen LogP contribution in [-0.2, 0) is 4.74 Å². The summed E-state index contributed by atoms with van der Waals surface area (Å²) in [7, 11) is 0. The third-order valence-corrected chi connectivity index (χ3v) is 2.16. The highest BCUT2D eigenvalue weighted by molar-refractivity contribution is 5.95. The van der Waals surface area contributed by atoms with Gasteiger partial charge in [-0.15, -0.1) is 0 Å². The SMILES string of the molecule is N=C(c1cncnc1)N1CCOCC1. The van der Waals surface area contributed by atoms with E-state index in [0.29, 0.717) is 19.0 Å². The number of ether oxygens (including phenoxy) is 1. The fourth-order valence-electron chi connectivity index (χ4n) is 1.39. The molecule has 0 unspecified atom stereocenters. The second kappa shape index (κ2) is 4.15. The van der Waals surface area contributed by atoms with Gasteiger partial charge in [-0.2, -0.15) is 0 Å². The minimum absolute atomic E-state index is 0.480. The van der Waals surface area contributed by atoms with Crippen molar-refractivity contribution < 1.29 is 4.74 Å². The van der Waals surface area contributed by atoms with E-state index in [1.54, 1.807) is 12.4 Å². The Labute approximate surface area is 82.2 Å². The number of nitrogens with zero attached hydrogens (tertiary/aromatic N) is 3. The minimum atomic E-state index is 0.480. The molecule has 0 bridgehead atoms. The monoisotopic (exact) mass is 192 g/mol. The Hall–Kier alpha value is -1.49. The zero-order valence-electron chi connectivity index (χ0n) is 7.81. The summed E-state index contributed by atoms with van der Waals surface area (Å²) in [5.74, 6) is 0.480. The molecule has 0 atom stereocenters. The molecule has 2 rings (SSSR count). The van der Waals surface area contributed by atoms with Crippen molar-refractivity contribution in [3.63, 3.8) is 0 Å². The van der Waals surface area contributed by atoms with Crippen molar-refractivity contribution >= 4 is 5.84 Å². The first-order chi connectivity index (χ1) is 6.88. The van der Waals surface area contributed by atoms with Crippen molar-refractivity contribution in [1.82, 2.24) is 14.9 Å². The zero-order valence-corrected chi connectivity index (χ0v) is 7.81. The molecule has 0 aromatic carbocycles. The molecule has 1 aromatic heterocycles. The van der Waals surface area contributed by atoms with Crippen molar-refractivity contribution in [2.45, 2.75) is 0 Å². The highest BCUT2D eigenvalue weighted by Crippen LogP contribution is 2.04. The maximum atomic E-state index is 7.91. The van der Waals surface area contributed by atoms with Crippen LogP contribution < -0.4 is 0 Å². The summed E-state index contributed by atoms with van der Waals surface area (Å²) in [6.07, 6.45) is 4.78. The fraction of sp³-hybridized carbons (Fsp3) is 0.444. The van der Waals surface area contributed by atoms with E-state index in [1.807, 2.05) is 4.90 Å². The number of morpholine rings is 1. The summed E-state index contributed by atoms with van der Waals surface area (Å²) in [5, 5.41) is 7.91. The summed E-state index contributed by atoms with van der Waals surface area (Å²) in [4.78, 5) is 9.76. The van der Waals surface area contributed by atoms with Gasteiger partial charge in [-0.3, -0.25) is 5.41 Å². The number of hydrogen-bond donors (Lipinski definition) is 1. The summed E-state index contributed by atoms with van der Waals surface area (Å²) < 4.78 is 5.22. The average molecular weight is 192 g/mol.